The van der Waals surface area contributed by atoms with Crippen molar-refractivity contribution in [2.45, 2.75) is 39.2 Å². The van der Waals surface area contributed by atoms with Gasteiger partial charge in [0.05, 0.1) is 5.02 Å². The fraction of sp³-hybridized carbons (Fsp3) is 0.545. The maximum Gasteiger partial charge on any atom is 0.274 e. The standard InChI is InChI=1S/C11H15ClN2O/c1-6-9(12)7(2)14(8-4-3-5-8)11(15)10(6)13/h8H,3-5,13H2,1-2H3. The summed E-state index contributed by atoms with van der Waals surface area (Å²) in [4.78, 5) is 12.0. The number of anilines is 1. The topological polar surface area (TPSA) is 48.0 Å². The van der Waals surface area contributed by atoms with Gasteiger partial charge in [0.25, 0.3) is 5.56 Å². The largest absolute Gasteiger partial charge is 0.394 e. The molecule has 2 rings (SSSR count). The van der Waals surface area contributed by atoms with Crippen LogP contribution >= 0.6 is 11.6 Å². The zero-order valence-electron chi connectivity index (χ0n) is 9.01. The highest BCUT2D eigenvalue weighted by molar-refractivity contribution is 6.32. The van der Waals surface area contributed by atoms with Crippen molar-refractivity contribution in [2.24, 2.45) is 0 Å². The minimum absolute atomic E-state index is 0.0842. The van der Waals surface area contributed by atoms with Crippen LogP contribution in [0.5, 0.6) is 0 Å². The van der Waals surface area contributed by atoms with Gasteiger partial charge in [0.15, 0.2) is 0 Å². The lowest BCUT2D eigenvalue weighted by atomic mass is 9.92. The number of nitrogens with zero attached hydrogens (tertiary/aromatic N) is 1. The average molecular weight is 227 g/mol. The first kappa shape index (κ1) is 10.6. The van der Waals surface area contributed by atoms with E-state index in [-0.39, 0.29) is 11.2 Å². The van der Waals surface area contributed by atoms with Crippen LogP contribution < -0.4 is 11.3 Å². The molecule has 0 amide bonds. The first-order valence-corrected chi connectivity index (χ1v) is 5.58. The van der Waals surface area contributed by atoms with Gasteiger partial charge in [0, 0.05) is 11.7 Å². The summed E-state index contributed by atoms with van der Waals surface area (Å²) in [5, 5.41) is 0.624. The van der Waals surface area contributed by atoms with Crippen molar-refractivity contribution < 1.29 is 0 Å². The Morgan fingerprint density at radius 1 is 1.40 bits per heavy atom. The predicted octanol–water partition coefficient (Wildman–Crippen LogP) is 2.43. The average Bonchev–Trinajstić information content (AvgIpc) is 2.15. The van der Waals surface area contributed by atoms with Crippen LogP contribution in [0.4, 0.5) is 5.69 Å². The minimum atomic E-state index is -0.0842. The summed E-state index contributed by atoms with van der Waals surface area (Å²) in [6, 6.07) is 0.304. The van der Waals surface area contributed by atoms with Gasteiger partial charge in [-0.3, -0.25) is 4.79 Å². The van der Waals surface area contributed by atoms with Gasteiger partial charge < -0.3 is 10.3 Å². The molecule has 82 valence electrons. The lowest BCUT2D eigenvalue weighted by Gasteiger charge is -2.30. The maximum absolute atomic E-state index is 12.0. The first-order chi connectivity index (χ1) is 7.04. The van der Waals surface area contributed by atoms with Crippen LogP contribution in [0.15, 0.2) is 4.79 Å². The monoisotopic (exact) mass is 226 g/mol. The lowest BCUT2D eigenvalue weighted by molar-refractivity contribution is 0.302. The van der Waals surface area contributed by atoms with Gasteiger partial charge in [-0.2, -0.15) is 0 Å². The summed E-state index contributed by atoms with van der Waals surface area (Å²) in [7, 11) is 0. The number of hydrogen-bond donors (Lipinski definition) is 1. The van der Waals surface area contributed by atoms with Crippen molar-refractivity contribution in [3.05, 3.63) is 26.6 Å². The van der Waals surface area contributed by atoms with Crippen molar-refractivity contribution >= 4 is 17.3 Å². The molecule has 1 fully saturated rings. The van der Waals surface area contributed by atoms with Crippen LogP contribution in [0, 0.1) is 13.8 Å². The molecule has 1 aromatic heterocycles. The Morgan fingerprint density at radius 3 is 2.47 bits per heavy atom. The normalized spacial score (nSPS) is 16.5. The lowest BCUT2D eigenvalue weighted by Crippen LogP contribution is -2.33. The number of nitrogen functional groups attached to an aromatic ring is 1. The Kier molecular flexibility index (Phi) is 2.51. The molecule has 3 nitrogen and oxygen atoms in total. The molecule has 0 aliphatic heterocycles. The summed E-state index contributed by atoms with van der Waals surface area (Å²) >= 11 is 6.15. The molecule has 0 bridgehead atoms. The Bertz CT molecular complexity index is 461. The van der Waals surface area contributed by atoms with Crippen LogP contribution in [-0.2, 0) is 0 Å². The number of rotatable bonds is 1. The molecule has 0 saturated heterocycles. The Balaban J connectivity index is 2.68. The molecule has 0 radical (unpaired) electrons. The fourth-order valence-corrected chi connectivity index (χ4v) is 2.22. The first-order valence-electron chi connectivity index (χ1n) is 5.20. The van der Waals surface area contributed by atoms with Crippen LogP contribution in [0.1, 0.15) is 36.6 Å². The van der Waals surface area contributed by atoms with Crippen LogP contribution in [0.25, 0.3) is 0 Å². The molecule has 15 heavy (non-hydrogen) atoms. The van der Waals surface area contributed by atoms with E-state index in [4.69, 9.17) is 17.3 Å². The van der Waals surface area contributed by atoms with E-state index >= 15 is 0 Å². The maximum atomic E-state index is 12.0. The zero-order valence-corrected chi connectivity index (χ0v) is 9.77. The molecular formula is C11H15ClN2O. The van der Waals surface area contributed by atoms with Gasteiger partial charge in [-0.1, -0.05) is 11.6 Å². The second-order valence-corrected chi connectivity index (χ2v) is 4.58. The van der Waals surface area contributed by atoms with Gasteiger partial charge in [-0.15, -0.1) is 0 Å². The predicted molar refractivity (Wildman–Crippen MR) is 62.5 cm³/mol. The van der Waals surface area contributed by atoms with E-state index in [0.29, 0.717) is 16.6 Å². The summed E-state index contributed by atoms with van der Waals surface area (Å²) in [6.07, 6.45) is 3.29. The number of aromatic nitrogens is 1. The van der Waals surface area contributed by atoms with Crippen LogP contribution in [-0.4, -0.2) is 4.57 Å². The van der Waals surface area contributed by atoms with E-state index in [0.717, 1.165) is 18.5 Å². The third-order valence-electron chi connectivity index (χ3n) is 3.30. The van der Waals surface area contributed by atoms with E-state index in [1.165, 1.54) is 6.42 Å². The van der Waals surface area contributed by atoms with Gasteiger partial charge in [0.1, 0.15) is 5.69 Å². The number of halogens is 1. The van der Waals surface area contributed by atoms with E-state index in [1.807, 2.05) is 6.92 Å². The molecule has 1 aromatic rings. The molecule has 0 atom stereocenters. The SMILES string of the molecule is Cc1c(Cl)c(C)n(C2CCC2)c(=O)c1N. The quantitative estimate of drug-likeness (QED) is 0.800. The van der Waals surface area contributed by atoms with Crippen LogP contribution in [0.3, 0.4) is 0 Å². The Hall–Kier alpha value is -0.960. The minimum Gasteiger partial charge on any atom is -0.394 e. The van der Waals surface area contributed by atoms with Crippen molar-refractivity contribution in [3.8, 4) is 0 Å². The molecule has 2 N–H and O–H groups in total. The van der Waals surface area contributed by atoms with E-state index < -0.39 is 0 Å². The Morgan fingerprint density at radius 2 is 2.00 bits per heavy atom. The molecule has 0 spiro atoms. The Labute approximate surface area is 93.8 Å². The van der Waals surface area contributed by atoms with Crippen molar-refractivity contribution in [2.75, 3.05) is 5.73 Å². The second-order valence-electron chi connectivity index (χ2n) is 4.20. The van der Waals surface area contributed by atoms with Gasteiger partial charge >= 0.3 is 0 Å². The number of hydrogen-bond acceptors (Lipinski definition) is 2. The summed E-state index contributed by atoms with van der Waals surface area (Å²) in [5.74, 6) is 0. The second kappa shape index (κ2) is 3.56. The third kappa shape index (κ3) is 1.46. The number of pyridine rings is 1. The molecule has 0 aromatic carbocycles. The highest BCUT2D eigenvalue weighted by Gasteiger charge is 2.24. The van der Waals surface area contributed by atoms with Crippen LogP contribution in [0.2, 0.25) is 5.02 Å². The highest BCUT2D eigenvalue weighted by Crippen LogP contribution is 2.34. The van der Waals surface area contributed by atoms with Crippen molar-refractivity contribution in [3.63, 3.8) is 0 Å². The molecule has 1 saturated carbocycles. The van der Waals surface area contributed by atoms with E-state index in [1.54, 1.807) is 11.5 Å². The molecule has 1 aliphatic rings. The third-order valence-corrected chi connectivity index (χ3v) is 3.86. The van der Waals surface area contributed by atoms with Gasteiger partial charge in [-0.25, -0.2) is 0 Å². The number of nitrogens with two attached hydrogens (primary N) is 1. The summed E-state index contributed by atoms with van der Waals surface area (Å²) < 4.78 is 1.76. The molecule has 1 heterocycles. The zero-order chi connectivity index (χ0) is 11.2. The van der Waals surface area contributed by atoms with Crippen molar-refractivity contribution in [1.82, 2.24) is 4.57 Å². The molecule has 1 aliphatic carbocycles. The summed E-state index contributed by atoms with van der Waals surface area (Å²) in [6.45, 7) is 3.67. The molecule has 4 heteroatoms. The van der Waals surface area contributed by atoms with Gasteiger partial charge in [0.2, 0.25) is 0 Å². The summed E-state index contributed by atoms with van der Waals surface area (Å²) in [5.41, 5.74) is 7.51. The van der Waals surface area contributed by atoms with Gasteiger partial charge in [-0.05, 0) is 38.7 Å². The molecular weight excluding hydrogens is 212 g/mol. The fourth-order valence-electron chi connectivity index (χ4n) is 2.02. The van der Waals surface area contributed by atoms with E-state index in [9.17, 15) is 4.79 Å². The molecule has 0 unspecified atom stereocenters. The smallest absolute Gasteiger partial charge is 0.274 e. The van der Waals surface area contributed by atoms with Crippen molar-refractivity contribution in [1.29, 1.82) is 0 Å². The van der Waals surface area contributed by atoms with E-state index in [2.05, 4.69) is 0 Å². The highest BCUT2D eigenvalue weighted by atomic mass is 35.5.